The Morgan fingerprint density at radius 1 is 0.950 bits per heavy atom. The third kappa shape index (κ3) is 4.78. The number of nitrogens with one attached hydrogen (secondary N) is 7. The summed E-state index contributed by atoms with van der Waals surface area (Å²) in [5.41, 5.74) is -0.167. The second-order valence-electron chi connectivity index (χ2n) is 9.76. The summed E-state index contributed by atoms with van der Waals surface area (Å²) in [7, 11) is 0. The molecule has 14 heteroatoms. The van der Waals surface area contributed by atoms with Crippen molar-refractivity contribution in [3.63, 3.8) is 0 Å². The first-order valence-corrected chi connectivity index (χ1v) is 12.7. The van der Waals surface area contributed by atoms with E-state index in [0.717, 1.165) is 0 Å². The van der Waals surface area contributed by atoms with Crippen molar-refractivity contribution in [2.45, 2.75) is 30.0 Å². The standard InChI is InChI=1S/C26H30N8O6/c27-22-32-20-18(31-23(28)34-13-10-25(38,39)26(20,34)33-22)14-40-24(37)30-12-11-29-21(36)17-8-6-16(7-9-17)19(35)15-4-2-1-3-5-15/h1-9,18,20,38-39H,10-14H2,(H2,28,31)(H,29,36)(H,30,37)(H3,27,32,33)/t18-,20?,26?/m0/s1. The van der Waals surface area contributed by atoms with E-state index in [4.69, 9.17) is 15.6 Å². The topological polar surface area (TPSA) is 212 Å². The number of guanidine groups is 2. The number of benzene rings is 2. The third-order valence-corrected chi connectivity index (χ3v) is 7.30. The van der Waals surface area contributed by atoms with E-state index in [1.54, 1.807) is 48.5 Å². The summed E-state index contributed by atoms with van der Waals surface area (Å²) in [5, 5.41) is 51.3. The van der Waals surface area contributed by atoms with Crippen LogP contribution in [-0.2, 0) is 4.74 Å². The number of aliphatic hydroxyl groups is 2. The molecule has 2 amide bonds. The molecule has 3 atom stereocenters. The summed E-state index contributed by atoms with van der Waals surface area (Å²) < 4.78 is 5.28. The SMILES string of the molecule is N=C1NC2[C@H](COC(=O)NCCNC(=O)c3ccc(C(=O)c4ccccc4)cc3)NC(=N)N3CCC(O)(O)C23N1. The molecule has 14 nitrogen and oxygen atoms in total. The van der Waals surface area contributed by atoms with E-state index < -0.39 is 29.6 Å². The molecule has 0 aromatic heterocycles. The van der Waals surface area contributed by atoms with Crippen LogP contribution in [-0.4, -0.2) is 94.6 Å². The van der Waals surface area contributed by atoms with Crippen LogP contribution in [0.25, 0.3) is 0 Å². The molecule has 3 heterocycles. The molecule has 5 rings (SSSR count). The maximum atomic E-state index is 12.5. The van der Waals surface area contributed by atoms with Crippen LogP contribution in [0.5, 0.6) is 0 Å². The first-order chi connectivity index (χ1) is 19.1. The van der Waals surface area contributed by atoms with Gasteiger partial charge in [-0.15, -0.1) is 0 Å². The zero-order chi connectivity index (χ0) is 28.5. The molecule has 1 spiro atoms. The third-order valence-electron chi connectivity index (χ3n) is 7.30. The number of carbonyl (C=O) groups is 3. The predicted octanol–water partition coefficient (Wildman–Crippen LogP) is -1.14. The highest BCUT2D eigenvalue weighted by atomic mass is 16.5. The maximum absolute atomic E-state index is 12.5. The summed E-state index contributed by atoms with van der Waals surface area (Å²) in [6.07, 6.45) is -0.805. The molecule has 0 radical (unpaired) electrons. The van der Waals surface area contributed by atoms with Crippen LogP contribution in [0.3, 0.4) is 0 Å². The van der Waals surface area contributed by atoms with Gasteiger partial charge in [0.15, 0.2) is 23.4 Å². The molecule has 0 saturated carbocycles. The fourth-order valence-corrected chi connectivity index (χ4v) is 5.34. The molecule has 40 heavy (non-hydrogen) atoms. The number of ketones is 1. The summed E-state index contributed by atoms with van der Waals surface area (Å²) in [5.74, 6) is -2.96. The smallest absolute Gasteiger partial charge is 0.407 e. The monoisotopic (exact) mass is 550 g/mol. The minimum Gasteiger partial charge on any atom is -0.447 e. The molecule has 3 saturated heterocycles. The molecule has 2 unspecified atom stereocenters. The Labute approximate surface area is 229 Å². The van der Waals surface area contributed by atoms with Gasteiger partial charge >= 0.3 is 6.09 Å². The van der Waals surface area contributed by atoms with Crippen LogP contribution < -0.4 is 26.6 Å². The minimum absolute atomic E-state index is 0.0364. The Morgan fingerprint density at radius 3 is 2.33 bits per heavy atom. The number of ether oxygens (including phenoxy) is 1. The summed E-state index contributed by atoms with van der Waals surface area (Å²) in [6.45, 7) is 0.150. The van der Waals surface area contributed by atoms with Gasteiger partial charge in [0.05, 0.1) is 12.1 Å². The summed E-state index contributed by atoms with van der Waals surface area (Å²) >= 11 is 0. The van der Waals surface area contributed by atoms with Crippen molar-refractivity contribution < 1.29 is 29.3 Å². The van der Waals surface area contributed by atoms with Gasteiger partial charge < -0.3 is 46.4 Å². The lowest BCUT2D eigenvalue weighted by molar-refractivity contribution is -0.223. The van der Waals surface area contributed by atoms with Crippen LogP contribution in [0.4, 0.5) is 4.79 Å². The highest BCUT2D eigenvalue weighted by molar-refractivity contribution is 6.09. The molecule has 3 fully saturated rings. The largest absolute Gasteiger partial charge is 0.447 e. The Bertz CT molecular complexity index is 1330. The van der Waals surface area contributed by atoms with Gasteiger partial charge in [-0.05, 0) is 12.1 Å². The number of amides is 2. The number of alkyl carbamates (subject to hydrolysis) is 1. The van der Waals surface area contributed by atoms with E-state index in [-0.39, 0.29) is 56.3 Å². The Balaban J connectivity index is 1.07. The summed E-state index contributed by atoms with van der Waals surface area (Å²) in [4.78, 5) is 38.7. The molecule has 3 aliphatic rings. The van der Waals surface area contributed by atoms with Crippen molar-refractivity contribution in [2.75, 3.05) is 26.2 Å². The van der Waals surface area contributed by atoms with Crippen molar-refractivity contribution >= 4 is 29.7 Å². The van der Waals surface area contributed by atoms with E-state index in [2.05, 4.69) is 26.6 Å². The first-order valence-electron chi connectivity index (χ1n) is 12.7. The van der Waals surface area contributed by atoms with E-state index in [0.29, 0.717) is 16.7 Å². The minimum atomic E-state index is -2.22. The van der Waals surface area contributed by atoms with Crippen molar-refractivity contribution in [2.24, 2.45) is 0 Å². The Kier molecular flexibility index (Phi) is 7.04. The van der Waals surface area contributed by atoms with Crippen LogP contribution in [0.2, 0.25) is 0 Å². The molecular formula is C26H30N8O6. The number of rotatable bonds is 8. The fraction of sp³-hybridized carbons (Fsp3) is 0.346. The quantitative estimate of drug-likeness (QED) is 0.109. The van der Waals surface area contributed by atoms with E-state index >= 15 is 0 Å². The average Bonchev–Trinajstić information content (AvgIpc) is 3.45. The molecule has 0 bridgehead atoms. The Morgan fingerprint density at radius 2 is 1.60 bits per heavy atom. The highest BCUT2D eigenvalue weighted by Crippen LogP contribution is 2.42. The number of carbonyl (C=O) groups excluding carboxylic acids is 3. The Hall–Kier alpha value is -4.69. The van der Waals surface area contributed by atoms with Crippen LogP contribution in [0.1, 0.15) is 32.7 Å². The van der Waals surface area contributed by atoms with Gasteiger partial charge in [0.1, 0.15) is 6.61 Å². The number of hydrogen-bond donors (Lipinski definition) is 9. The number of nitrogens with zero attached hydrogens (tertiary/aromatic N) is 1. The van der Waals surface area contributed by atoms with Crippen LogP contribution in [0.15, 0.2) is 54.6 Å². The normalized spacial score (nSPS) is 24.1. The van der Waals surface area contributed by atoms with Gasteiger partial charge in [-0.25, -0.2) is 4.79 Å². The van der Waals surface area contributed by atoms with Gasteiger partial charge in [0.25, 0.3) is 5.91 Å². The van der Waals surface area contributed by atoms with Crippen molar-refractivity contribution in [3.05, 3.63) is 71.3 Å². The fourth-order valence-electron chi connectivity index (χ4n) is 5.34. The molecule has 9 N–H and O–H groups in total. The van der Waals surface area contributed by atoms with Crippen LogP contribution >= 0.6 is 0 Å². The average molecular weight is 551 g/mol. The molecule has 0 aliphatic carbocycles. The molecule has 210 valence electrons. The molecule has 2 aromatic rings. The van der Waals surface area contributed by atoms with Gasteiger partial charge in [-0.2, -0.15) is 0 Å². The highest BCUT2D eigenvalue weighted by Gasteiger charge is 2.70. The lowest BCUT2D eigenvalue weighted by atomic mass is 9.86. The van der Waals surface area contributed by atoms with Gasteiger partial charge in [0.2, 0.25) is 5.79 Å². The second kappa shape index (κ2) is 10.5. The molecule has 2 aromatic carbocycles. The lowest BCUT2D eigenvalue weighted by Crippen LogP contribution is -2.80. The maximum Gasteiger partial charge on any atom is 0.407 e. The summed E-state index contributed by atoms with van der Waals surface area (Å²) in [6, 6.07) is 13.6. The molecular weight excluding hydrogens is 520 g/mol. The first kappa shape index (κ1) is 26.9. The molecule has 3 aliphatic heterocycles. The van der Waals surface area contributed by atoms with Crippen molar-refractivity contribution in [1.82, 2.24) is 31.5 Å². The van der Waals surface area contributed by atoms with Gasteiger partial charge in [0, 0.05) is 42.7 Å². The zero-order valence-electron chi connectivity index (χ0n) is 21.4. The van der Waals surface area contributed by atoms with Gasteiger partial charge in [-0.3, -0.25) is 20.4 Å². The van der Waals surface area contributed by atoms with E-state index in [1.165, 1.54) is 4.90 Å². The van der Waals surface area contributed by atoms with Gasteiger partial charge in [-0.1, -0.05) is 42.5 Å². The zero-order valence-corrected chi connectivity index (χ0v) is 21.4. The van der Waals surface area contributed by atoms with E-state index in [9.17, 15) is 24.6 Å². The van der Waals surface area contributed by atoms with Crippen molar-refractivity contribution in [3.8, 4) is 0 Å². The predicted molar refractivity (Wildman–Crippen MR) is 142 cm³/mol. The second-order valence-corrected chi connectivity index (χ2v) is 9.76. The van der Waals surface area contributed by atoms with E-state index in [1.807, 2.05) is 6.07 Å². The number of hydrogen-bond acceptors (Lipinski definition) is 8. The van der Waals surface area contributed by atoms with Crippen LogP contribution in [0, 0.1) is 10.8 Å². The van der Waals surface area contributed by atoms with Crippen molar-refractivity contribution in [1.29, 1.82) is 10.8 Å². The lowest BCUT2D eigenvalue weighted by Gasteiger charge is -2.51.